The standard InChI is InChI=1S/C16H17N3O2/c1-11-10-17-16(9-15(11)19(20)21)18-14-7-6-12-4-2-3-5-13(12)8-14/h2-5,9-10,14H,6-8H2,1H3,(H,17,18). The summed E-state index contributed by atoms with van der Waals surface area (Å²) in [5.74, 6) is 0.580. The Labute approximate surface area is 123 Å². The largest absolute Gasteiger partial charge is 0.367 e. The molecule has 2 aromatic rings. The number of pyridine rings is 1. The number of fused-ring (bicyclic) bond motifs is 1. The van der Waals surface area contributed by atoms with E-state index >= 15 is 0 Å². The second-order valence-electron chi connectivity index (χ2n) is 5.47. The lowest BCUT2D eigenvalue weighted by Gasteiger charge is -2.25. The zero-order valence-corrected chi connectivity index (χ0v) is 11.9. The Morgan fingerprint density at radius 1 is 1.33 bits per heavy atom. The number of rotatable bonds is 3. The van der Waals surface area contributed by atoms with Gasteiger partial charge in [-0.15, -0.1) is 0 Å². The topological polar surface area (TPSA) is 68.1 Å². The summed E-state index contributed by atoms with van der Waals surface area (Å²) >= 11 is 0. The minimum atomic E-state index is -0.363. The lowest BCUT2D eigenvalue weighted by molar-refractivity contribution is -0.385. The first-order chi connectivity index (χ1) is 10.1. The molecule has 1 aliphatic carbocycles. The Bertz CT molecular complexity index is 685. The lowest BCUT2D eigenvalue weighted by Crippen LogP contribution is -2.27. The molecule has 0 bridgehead atoms. The van der Waals surface area contributed by atoms with Crippen LogP contribution in [0.3, 0.4) is 0 Å². The molecule has 0 radical (unpaired) electrons. The molecule has 1 unspecified atom stereocenters. The molecular formula is C16H17N3O2. The summed E-state index contributed by atoms with van der Waals surface area (Å²) < 4.78 is 0. The van der Waals surface area contributed by atoms with Gasteiger partial charge in [0.25, 0.3) is 5.69 Å². The van der Waals surface area contributed by atoms with Crippen LogP contribution in [0.15, 0.2) is 36.5 Å². The van der Waals surface area contributed by atoms with Gasteiger partial charge in [-0.1, -0.05) is 24.3 Å². The normalized spacial score (nSPS) is 17.1. The molecule has 0 saturated carbocycles. The molecule has 0 fully saturated rings. The van der Waals surface area contributed by atoms with Crippen LogP contribution < -0.4 is 5.32 Å². The number of aromatic nitrogens is 1. The average Bonchev–Trinajstić information content (AvgIpc) is 2.49. The van der Waals surface area contributed by atoms with Crippen molar-refractivity contribution < 1.29 is 4.92 Å². The molecule has 1 N–H and O–H groups in total. The first kappa shape index (κ1) is 13.5. The van der Waals surface area contributed by atoms with Crippen LogP contribution in [-0.4, -0.2) is 15.9 Å². The molecule has 1 aliphatic rings. The maximum atomic E-state index is 11.0. The number of hydrogen-bond donors (Lipinski definition) is 1. The Kier molecular flexibility index (Phi) is 3.56. The number of nitrogens with one attached hydrogen (secondary N) is 1. The van der Waals surface area contributed by atoms with E-state index in [9.17, 15) is 10.1 Å². The number of hydrogen-bond acceptors (Lipinski definition) is 4. The molecule has 3 rings (SSSR count). The van der Waals surface area contributed by atoms with Crippen molar-refractivity contribution in [1.82, 2.24) is 4.98 Å². The van der Waals surface area contributed by atoms with Gasteiger partial charge in [0, 0.05) is 17.8 Å². The van der Waals surface area contributed by atoms with E-state index in [2.05, 4.69) is 34.6 Å². The van der Waals surface area contributed by atoms with Crippen molar-refractivity contribution in [2.24, 2.45) is 0 Å². The van der Waals surface area contributed by atoms with Crippen molar-refractivity contribution in [3.63, 3.8) is 0 Å². The Balaban J connectivity index is 1.76. The van der Waals surface area contributed by atoms with Crippen LogP contribution in [0.25, 0.3) is 0 Å². The predicted molar refractivity (Wildman–Crippen MR) is 81.5 cm³/mol. The van der Waals surface area contributed by atoms with E-state index in [1.165, 1.54) is 17.2 Å². The molecular weight excluding hydrogens is 266 g/mol. The van der Waals surface area contributed by atoms with Crippen molar-refractivity contribution in [1.29, 1.82) is 0 Å². The zero-order chi connectivity index (χ0) is 14.8. The summed E-state index contributed by atoms with van der Waals surface area (Å²) in [6.45, 7) is 1.70. The quantitative estimate of drug-likeness (QED) is 0.693. The van der Waals surface area contributed by atoms with Gasteiger partial charge in [-0.25, -0.2) is 4.98 Å². The first-order valence-corrected chi connectivity index (χ1v) is 7.08. The molecule has 0 saturated heterocycles. The molecule has 1 aromatic heterocycles. The fourth-order valence-electron chi connectivity index (χ4n) is 2.82. The van der Waals surface area contributed by atoms with Gasteiger partial charge in [-0.2, -0.15) is 0 Å². The van der Waals surface area contributed by atoms with Crippen molar-refractivity contribution in [3.8, 4) is 0 Å². The molecule has 0 spiro atoms. The van der Waals surface area contributed by atoms with E-state index in [-0.39, 0.29) is 16.7 Å². The maximum Gasteiger partial charge on any atom is 0.277 e. The van der Waals surface area contributed by atoms with E-state index < -0.39 is 0 Å². The zero-order valence-electron chi connectivity index (χ0n) is 11.9. The first-order valence-electron chi connectivity index (χ1n) is 7.08. The highest BCUT2D eigenvalue weighted by atomic mass is 16.6. The van der Waals surface area contributed by atoms with Crippen LogP contribution in [0.1, 0.15) is 23.1 Å². The van der Waals surface area contributed by atoms with Crippen molar-refractivity contribution in [2.75, 3.05) is 5.32 Å². The van der Waals surface area contributed by atoms with Gasteiger partial charge in [-0.05, 0) is 37.3 Å². The van der Waals surface area contributed by atoms with Crippen molar-refractivity contribution in [2.45, 2.75) is 32.2 Å². The highest BCUT2D eigenvalue weighted by molar-refractivity contribution is 5.49. The Morgan fingerprint density at radius 2 is 2.10 bits per heavy atom. The second-order valence-corrected chi connectivity index (χ2v) is 5.47. The van der Waals surface area contributed by atoms with Crippen LogP contribution in [0, 0.1) is 17.0 Å². The van der Waals surface area contributed by atoms with E-state index in [0.29, 0.717) is 11.4 Å². The number of nitrogens with zero attached hydrogens (tertiary/aromatic N) is 2. The summed E-state index contributed by atoms with van der Waals surface area (Å²) in [7, 11) is 0. The summed E-state index contributed by atoms with van der Waals surface area (Å²) in [6, 6.07) is 10.2. The van der Waals surface area contributed by atoms with Gasteiger partial charge in [0.05, 0.1) is 11.0 Å². The third kappa shape index (κ3) is 2.86. The van der Waals surface area contributed by atoms with Gasteiger partial charge in [0.15, 0.2) is 0 Å². The van der Waals surface area contributed by atoms with Crippen LogP contribution >= 0.6 is 0 Å². The van der Waals surface area contributed by atoms with E-state index in [4.69, 9.17) is 0 Å². The number of aryl methyl sites for hydroxylation is 2. The monoisotopic (exact) mass is 283 g/mol. The van der Waals surface area contributed by atoms with Crippen LogP contribution in [0.2, 0.25) is 0 Å². The highest BCUT2D eigenvalue weighted by Crippen LogP contribution is 2.25. The van der Waals surface area contributed by atoms with Crippen molar-refractivity contribution in [3.05, 3.63) is 63.3 Å². The molecule has 108 valence electrons. The Hall–Kier alpha value is -2.43. The van der Waals surface area contributed by atoms with Crippen molar-refractivity contribution >= 4 is 11.5 Å². The molecule has 21 heavy (non-hydrogen) atoms. The summed E-state index contributed by atoms with van der Waals surface area (Å²) in [6.07, 6.45) is 4.53. The van der Waals surface area contributed by atoms with Gasteiger partial charge in [-0.3, -0.25) is 10.1 Å². The van der Waals surface area contributed by atoms with Gasteiger partial charge < -0.3 is 5.32 Å². The molecule has 1 aromatic carbocycles. The second kappa shape index (κ2) is 5.52. The summed E-state index contributed by atoms with van der Waals surface area (Å²) in [4.78, 5) is 14.9. The Morgan fingerprint density at radius 3 is 2.86 bits per heavy atom. The van der Waals surface area contributed by atoms with Gasteiger partial charge in [0.2, 0.25) is 0 Å². The third-order valence-corrected chi connectivity index (χ3v) is 3.97. The minimum absolute atomic E-state index is 0.115. The number of benzene rings is 1. The number of anilines is 1. The molecule has 0 aliphatic heterocycles. The molecule has 5 nitrogen and oxygen atoms in total. The van der Waals surface area contributed by atoms with Crippen LogP contribution in [-0.2, 0) is 12.8 Å². The molecule has 1 heterocycles. The van der Waals surface area contributed by atoms with E-state index in [1.54, 1.807) is 13.1 Å². The molecule has 5 heteroatoms. The average molecular weight is 283 g/mol. The fourth-order valence-corrected chi connectivity index (χ4v) is 2.82. The third-order valence-electron chi connectivity index (χ3n) is 3.97. The fraction of sp³-hybridized carbons (Fsp3) is 0.312. The molecule has 0 amide bonds. The SMILES string of the molecule is Cc1cnc(NC2CCc3ccccc3C2)cc1[N+](=O)[O-]. The highest BCUT2D eigenvalue weighted by Gasteiger charge is 2.19. The van der Waals surface area contributed by atoms with E-state index in [0.717, 1.165) is 19.3 Å². The van der Waals surface area contributed by atoms with E-state index in [1.807, 2.05) is 0 Å². The smallest absolute Gasteiger partial charge is 0.277 e. The lowest BCUT2D eigenvalue weighted by atomic mass is 9.88. The van der Waals surface area contributed by atoms with Crippen LogP contribution in [0.4, 0.5) is 11.5 Å². The minimum Gasteiger partial charge on any atom is -0.367 e. The van der Waals surface area contributed by atoms with Gasteiger partial charge >= 0.3 is 0 Å². The maximum absolute atomic E-state index is 11.0. The van der Waals surface area contributed by atoms with Crippen LogP contribution in [0.5, 0.6) is 0 Å². The van der Waals surface area contributed by atoms with Gasteiger partial charge in [0.1, 0.15) is 5.82 Å². The molecule has 1 atom stereocenters. The number of nitro groups is 1. The predicted octanol–water partition coefficient (Wildman–Crippen LogP) is 3.27. The summed E-state index contributed by atoms with van der Waals surface area (Å²) in [5.41, 5.74) is 3.45. The summed E-state index contributed by atoms with van der Waals surface area (Å²) in [5, 5.41) is 14.3.